The Hall–Kier alpha value is -0.0700. The van der Waals surface area contributed by atoms with Gasteiger partial charge < -0.3 is 0 Å². The van der Waals surface area contributed by atoms with E-state index in [1.54, 1.807) is 16.7 Å². The van der Waals surface area contributed by atoms with Crippen LogP contribution < -0.4 is 0 Å². The number of amidine groups is 1. The van der Waals surface area contributed by atoms with Gasteiger partial charge in [-0.15, -0.1) is 0 Å². The predicted molar refractivity (Wildman–Crippen MR) is 56.7 cm³/mol. The third-order valence-electron chi connectivity index (χ3n) is 1.51. The highest BCUT2D eigenvalue weighted by molar-refractivity contribution is 8.24. The number of aliphatic imine (C=N–C) groups is 1. The minimum Gasteiger partial charge on any atom is -0.273 e. The molecule has 0 N–H and O–H groups in total. The van der Waals surface area contributed by atoms with Crippen LogP contribution in [0.3, 0.4) is 0 Å². The van der Waals surface area contributed by atoms with Crippen LogP contribution in [0, 0.1) is 0 Å². The van der Waals surface area contributed by atoms with Crippen LogP contribution in [-0.2, 0) is 4.79 Å². The van der Waals surface area contributed by atoms with Crippen LogP contribution in [0.1, 0.15) is 0 Å². The Balaban J connectivity index is 2.20. The standard InChI is InChI=1S/C6H6N2OS3/c9-4-3-12-6(10)8(4)5-7-1-2-11-5/h1-3H2. The van der Waals surface area contributed by atoms with Crippen LogP contribution in [0.15, 0.2) is 4.99 Å². The molecule has 1 amide bonds. The van der Waals surface area contributed by atoms with Gasteiger partial charge in [0.1, 0.15) is 4.32 Å². The number of carbonyl (C=O) groups is 1. The maximum absolute atomic E-state index is 11.3. The molecule has 0 saturated carbocycles. The largest absolute Gasteiger partial charge is 0.273 e. The summed E-state index contributed by atoms with van der Waals surface area (Å²) in [6.45, 7) is 0.803. The first-order valence-electron chi connectivity index (χ1n) is 3.46. The van der Waals surface area contributed by atoms with Crippen LogP contribution in [0.25, 0.3) is 0 Å². The number of amides is 1. The summed E-state index contributed by atoms with van der Waals surface area (Å²) in [5, 5.41) is 0.787. The lowest BCUT2D eigenvalue weighted by Crippen LogP contribution is -2.32. The van der Waals surface area contributed by atoms with Crippen molar-refractivity contribution in [3.63, 3.8) is 0 Å². The van der Waals surface area contributed by atoms with E-state index < -0.39 is 0 Å². The van der Waals surface area contributed by atoms with Crippen molar-refractivity contribution >= 4 is 51.1 Å². The van der Waals surface area contributed by atoms with Crippen molar-refractivity contribution in [1.29, 1.82) is 0 Å². The molecule has 0 aliphatic carbocycles. The zero-order valence-corrected chi connectivity index (χ0v) is 8.60. The number of rotatable bonds is 0. The Bertz CT molecular complexity index is 260. The lowest BCUT2D eigenvalue weighted by molar-refractivity contribution is -0.121. The first-order valence-corrected chi connectivity index (χ1v) is 5.84. The van der Waals surface area contributed by atoms with Gasteiger partial charge in [-0.3, -0.25) is 9.79 Å². The molecular weight excluding hydrogens is 212 g/mol. The Kier molecular flexibility index (Phi) is 2.38. The van der Waals surface area contributed by atoms with Crippen molar-refractivity contribution in [2.24, 2.45) is 4.99 Å². The fraction of sp³-hybridized carbons (Fsp3) is 0.500. The van der Waals surface area contributed by atoms with Crippen molar-refractivity contribution < 1.29 is 4.79 Å². The van der Waals surface area contributed by atoms with E-state index in [0.29, 0.717) is 10.1 Å². The number of hydrogen-bond acceptors (Lipinski definition) is 5. The van der Waals surface area contributed by atoms with Crippen molar-refractivity contribution in [3.05, 3.63) is 0 Å². The molecule has 2 rings (SSSR count). The molecule has 2 heterocycles. The molecule has 1 fully saturated rings. The maximum Gasteiger partial charge on any atom is 0.244 e. The number of nitrogens with zero attached hydrogens (tertiary/aromatic N) is 2. The van der Waals surface area contributed by atoms with Gasteiger partial charge in [0.05, 0.1) is 12.3 Å². The van der Waals surface area contributed by atoms with Gasteiger partial charge in [-0.05, 0) is 0 Å². The molecule has 2 aliphatic rings. The minimum atomic E-state index is 0.0677. The van der Waals surface area contributed by atoms with E-state index in [9.17, 15) is 4.79 Å². The SMILES string of the molecule is O=C1CSC(=S)N1C1=NCCS1. The molecular formula is C6H6N2OS3. The normalized spacial score (nSPS) is 23.7. The summed E-state index contributed by atoms with van der Waals surface area (Å²) in [4.78, 5) is 17.1. The van der Waals surface area contributed by atoms with Gasteiger partial charge in [0.25, 0.3) is 0 Å². The first-order chi connectivity index (χ1) is 5.79. The Morgan fingerprint density at radius 3 is 2.83 bits per heavy atom. The summed E-state index contributed by atoms with van der Waals surface area (Å²) in [7, 11) is 0. The molecule has 1 saturated heterocycles. The molecule has 0 aromatic heterocycles. The molecule has 0 radical (unpaired) electrons. The lowest BCUT2D eigenvalue weighted by atomic mass is 10.6. The van der Waals surface area contributed by atoms with Crippen LogP contribution >= 0.6 is 35.7 Å². The summed E-state index contributed by atoms with van der Waals surface area (Å²) >= 11 is 8.04. The first kappa shape index (κ1) is 8.52. The van der Waals surface area contributed by atoms with Crippen LogP contribution in [-0.4, -0.2) is 38.3 Å². The summed E-state index contributed by atoms with van der Waals surface area (Å²) in [5.41, 5.74) is 0. The Morgan fingerprint density at radius 2 is 2.33 bits per heavy atom. The molecule has 6 heteroatoms. The molecule has 2 aliphatic heterocycles. The Labute approximate surface area is 84.0 Å². The van der Waals surface area contributed by atoms with E-state index in [0.717, 1.165) is 17.5 Å². The Morgan fingerprint density at radius 1 is 1.50 bits per heavy atom. The van der Waals surface area contributed by atoms with E-state index in [4.69, 9.17) is 12.2 Å². The van der Waals surface area contributed by atoms with Gasteiger partial charge in [0.2, 0.25) is 5.91 Å². The van der Waals surface area contributed by atoms with E-state index >= 15 is 0 Å². The molecule has 0 unspecified atom stereocenters. The van der Waals surface area contributed by atoms with Gasteiger partial charge in [-0.2, -0.15) is 0 Å². The van der Waals surface area contributed by atoms with Gasteiger partial charge in [0, 0.05) is 5.75 Å². The molecule has 0 bridgehead atoms. The second kappa shape index (κ2) is 3.35. The second-order valence-corrected chi connectivity index (χ2v) is 4.97. The van der Waals surface area contributed by atoms with Crippen LogP contribution in [0.4, 0.5) is 0 Å². The molecule has 0 atom stereocenters. The molecule has 3 nitrogen and oxygen atoms in total. The van der Waals surface area contributed by atoms with Crippen molar-refractivity contribution in [2.45, 2.75) is 0 Å². The predicted octanol–water partition coefficient (Wildman–Crippen LogP) is 0.950. The smallest absolute Gasteiger partial charge is 0.244 e. The molecule has 0 aromatic rings. The maximum atomic E-state index is 11.3. The second-order valence-electron chi connectivity index (χ2n) is 2.30. The van der Waals surface area contributed by atoms with Gasteiger partial charge >= 0.3 is 0 Å². The van der Waals surface area contributed by atoms with Gasteiger partial charge in [-0.1, -0.05) is 35.7 Å². The van der Waals surface area contributed by atoms with Crippen molar-refractivity contribution in [2.75, 3.05) is 18.1 Å². The highest BCUT2D eigenvalue weighted by Crippen LogP contribution is 2.25. The number of thiocarbonyl (C=S) groups is 1. The van der Waals surface area contributed by atoms with Crippen molar-refractivity contribution in [3.8, 4) is 0 Å². The van der Waals surface area contributed by atoms with Crippen LogP contribution in [0.5, 0.6) is 0 Å². The molecule has 0 aromatic carbocycles. The quantitative estimate of drug-likeness (QED) is 0.567. The van der Waals surface area contributed by atoms with Gasteiger partial charge in [0.15, 0.2) is 5.17 Å². The van der Waals surface area contributed by atoms with Crippen molar-refractivity contribution in [1.82, 2.24) is 4.90 Å². The monoisotopic (exact) mass is 218 g/mol. The average Bonchev–Trinajstić information content (AvgIpc) is 2.61. The number of carbonyl (C=O) groups excluding carboxylic acids is 1. The average molecular weight is 218 g/mol. The van der Waals surface area contributed by atoms with Gasteiger partial charge in [-0.25, -0.2) is 4.90 Å². The van der Waals surface area contributed by atoms with E-state index in [1.165, 1.54) is 11.8 Å². The van der Waals surface area contributed by atoms with E-state index in [2.05, 4.69) is 4.99 Å². The third kappa shape index (κ3) is 1.38. The fourth-order valence-electron chi connectivity index (χ4n) is 0.998. The summed E-state index contributed by atoms with van der Waals surface area (Å²) in [6, 6.07) is 0. The lowest BCUT2D eigenvalue weighted by Gasteiger charge is -2.12. The zero-order chi connectivity index (χ0) is 8.55. The molecule has 12 heavy (non-hydrogen) atoms. The van der Waals surface area contributed by atoms with E-state index in [1.807, 2.05) is 0 Å². The topological polar surface area (TPSA) is 32.7 Å². The highest BCUT2D eigenvalue weighted by Gasteiger charge is 2.32. The molecule has 0 spiro atoms. The summed E-state index contributed by atoms with van der Waals surface area (Å²) in [5.74, 6) is 1.50. The third-order valence-corrected chi connectivity index (χ3v) is 3.83. The van der Waals surface area contributed by atoms with E-state index in [-0.39, 0.29) is 5.91 Å². The zero-order valence-electron chi connectivity index (χ0n) is 6.15. The minimum absolute atomic E-state index is 0.0677. The number of thioether (sulfide) groups is 2. The summed E-state index contributed by atoms with van der Waals surface area (Å²) < 4.78 is 0.646. The molecule has 64 valence electrons. The highest BCUT2D eigenvalue weighted by atomic mass is 32.2. The van der Waals surface area contributed by atoms with Crippen LogP contribution in [0.2, 0.25) is 0 Å². The summed E-state index contributed by atoms with van der Waals surface area (Å²) in [6.07, 6.45) is 0. The fourth-order valence-corrected chi connectivity index (χ4v) is 3.04. The number of hydrogen-bond donors (Lipinski definition) is 0.